The monoisotopic (exact) mass is 401 g/mol. The normalized spacial score (nSPS) is 17.9. The number of nitrogens with one attached hydrogen (secondary N) is 1. The van der Waals surface area contributed by atoms with Crippen LogP contribution in [0.1, 0.15) is 18.0 Å². The number of hydrogen-bond donors (Lipinski definition) is 1. The molecule has 1 N–H and O–H groups in total. The molecule has 1 nitrogen and oxygen atoms in total. The van der Waals surface area contributed by atoms with E-state index < -0.39 is 0 Å². The van der Waals surface area contributed by atoms with Crippen LogP contribution < -0.4 is 5.32 Å². The maximum absolute atomic E-state index is 6.13. The van der Waals surface area contributed by atoms with Gasteiger partial charge in [-0.25, -0.2) is 0 Å². The summed E-state index contributed by atoms with van der Waals surface area (Å²) in [5.41, 5.74) is 2.49. The molecule has 0 radical (unpaired) electrons. The van der Waals surface area contributed by atoms with Crippen molar-refractivity contribution in [1.82, 2.24) is 0 Å². The van der Waals surface area contributed by atoms with E-state index in [-0.39, 0.29) is 0 Å². The highest BCUT2D eigenvalue weighted by Crippen LogP contribution is 2.39. The Kier molecular flexibility index (Phi) is 4.24. The molecule has 0 aliphatic carbocycles. The molecular formula is C15H13ClINS. The van der Waals surface area contributed by atoms with Crippen LogP contribution in [0.25, 0.3) is 0 Å². The Balaban J connectivity index is 1.87. The molecule has 0 aromatic heterocycles. The van der Waals surface area contributed by atoms with Crippen LogP contribution in [0.15, 0.2) is 47.4 Å². The smallest absolute Gasteiger partial charge is 0.0533 e. The Morgan fingerprint density at radius 3 is 2.74 bits per heavy atom. The average molecular weight is 402 g/mol. The van der Waals surface area contributed by atoms with E-state index in [0.717, 1.165) is 17.2 Å². The van der Waals surface area contributed by atoms with E-state index in [0.29, 0.717) is 6.04 Å². The molecule has 1 atom stereocenters. The van der Waals surface area contributed by atoms with E-state index in [1.54, 1.807) is 0 Å². The molecule has 0 saturated carbocycles. The zero-order valence-corrected chi connectivity index (χ0v) is 13.9. The summed E-state index contributed by atoms with van der Waals surface area (Å²) in [4.78, 5) is 1.35. The van der Waals surface area contributed by atoms with E-state index in [9.17, 15) is 0 Å². The SMILES string of the molecule is Clc1ccc2c(c1)C(Nc1ccc(I)cc1)CCS2. The summed E-state index contributed by atoms with van der Waals surface area (Å²) in [5, 5.41) is 4.43. The Labute approximate surface area is 136 Å². The predicted molar refractivity (Wildman–Crippen MR) is 92.3 cm³/mol. The van der Waals surface area contributed by atoms with Crippen LogP contribution in [-0.4, -0.2) is 5.75 Å². The second-order valence-corrected chi connectivity index (χ2v) is 7.34. The molecule has 1 unspecified atom stereocenters. The summed E-state index contributed by atoms with van der Waals surface area (Å²) in [7, 11) is 0. The first-order valence-corrected chi connectivity index (χ1v) is 8.61. The van der Waals surface area contributed by atoms with Crippen molar-refractivity contribution in [3.8, 4) is 0 Å². The lowest BCUT2D eigenvalue weighted by Gasteiger charge is -2.27. The summed E-state index contributed by atoms with van der Waals surface area (Å²) in [6, 6.07) is 15.1. The zero-order chi connectivity index (χ0) is 13.2. The highest BCUT2D eigenvalue weighted by atomic mass is 127. The Morgan fingerprint density at radius 1 is 1.16 bits per heavy atom. The van der Waals surface area contributed by atoms with Gasteiger partial charge in [-0.3, -0.25) is 0 Å². The van der Waals surface area contributed by atoms with Crippen LogP contribution in [0.2, 0.25) is 5.02 Å². The molecule has 0 spiro atoms. The summed E-state index contributed by atoms with van der Waals surface area (Å²) >= 11 is 10.4. The summed E-state index contributed by atoms with van der Waals surface area (Å²) in [6.07, 6.45) is 1.13. The van der Waals surface area contributed by atoms with Crippen LogP contribution in [0.5, 0.6) is 0 Å². The molecule has 4 heteroatoms. The van der Waals surface area contributed by atoms with Gasteiger partial charge < -0.3 is 5.32 Å². The molecule has 19 heavy (non-hydrogen) atoms. The van der Waals surface area contributed by atoms with Crippen molar-refractivity contribution in [1.29, 1.82) is 0 Å². The maximum Gasteiger partial charge on any atom is 0.0533 e. The molecule has 2 aromatic carbocycles. The van der Waals surface area contributed by atoms with Gasteiger partial charge in [-0.05, 0) is 77.0 Å². The van der Waals surface area contributed by atoms with Crippen molar-refractivity contribution in [2.45, 2.75) is 17.4 Å². The van der Waals surface area contributed by atoms with E-state index in [4.69, 9.17) is 11.6 Å². The Hall–Kier alpha value is -0.390. The van der Waals surface area contributed by atoms with Gasteiger partial charge >= 0.3 is 0 Å². The molecule has 1 aliphatic heterocycles. The zero-order valence-electron chi connectivity index (χ0n) is 10.2. The molecular weight excluding hydrogens is 389 g/mol. The third kappa shape index (κ3) is 3.20. The summed E-state index contributed by atoms with van der Waals surface area (Å²) in [5.74, 6) is 1.15. The van der Waals surface area contributed by atoms with Crippen LogP contribution in [-0.2, 0) is 0 Å². The van der Waals surface area contributed by atoms with E-state index in [1.807, 2.05) is 17.8 Å². The lowest BCUT2D eigenvalue weighted by Crippen LogP contribution is -2.16. The largest absolute Gasteiger partial charge is 0.378 e. The Bertz CT molecular complexity index is 585. The number of anilines is 1. The van der Waals surface area contributed by atoms with E-state index in [2.05, 4.69) is 64.3 Å². The van der Waals surface area contributed by atoms with Crippen molar-refractivity contribution in [2.75, 3.05) is 11.1 Å². The van der Waals surface area contributed by atoms with Gasteiger partial charge in [0.2, 0.25) is 0 Å². The van der Waals surface area contributed by atoms with Gasteiger partial charge in [0, 0.05) is 24.9 Å². The van der Waals surface area contributed by atoms with Crippen LogP contribution in [0.3, 0.4) is 0 Å². The van der Waals surface area contributed by atoms with Crippen LogP contribution in [0.4, 0.5) is 5.69 Å². The number of benzene rings is 2. The minimum Gasteiger partial charge on any atom is -0.378 e. The average Bonchev–Trinajstić information content (AvgIpc) is 2.42. The Morgan fingerprint density at radius 2 is 1.95 bits per heavy atom. The third-order valence-corrected chi connectivity index (χ3v) is 5.27. The highest BCUT2D eigenvalue weighted by molar-refractivity contribution is 14.1. The first-order chi connectivity index (χ1) is 9.22. The van der Waals surface area contributed by atoms with Gasteiger partial charge in [0.1, 0.15) is 0 Å². The van der Waals surface area contributed by atoms with Crippen molar-refractivity contribution in [2.24, 2.45) is 0 Å². The number of thioether (sulfide) groups is 1. The second kappa shape index (κ2) is 5.94. The van der Waals surface area contributed by atoms with Crippen molar-refractivity contribution >= 4 is 51.6 Å². The van der Waals surface area contributed by atoms with E-state index in [1.165, 1.54) is 19.7 Å². The van der Waals surface area contributed by atoms with Gasteiger partial charge in [-0.2, -0.15) is 0 Å². The van der Waals surface area contributed by atoms with Gasteiger partial charge in [0.25, 0.3) is 0 Å². The second-order valence-electron chi connectivity index (χ2n) is 4.52. The molecule has 1 aliphatic rings. The van der Waals surface area contributed by atoms with Crippen LogP contribution >= 0.6 is 46.0 Å². The molecule has 0 bridgehead atoms. The topological polar surface area (TPSA) is 12.0 Å². The fraction of sp³-hybridized carbons (Fsp3) is 0.200. The lowest BCUT2D eigenvalue weighted by molar-refractivity contribution is 0.728. The fourth-order valence-corrected chi connectivity index (χ4v) is 3.91. The fourth-order valence-electron chi connectivity index (χ4n) is 2.26. The predicted octanol–water partition coefficient (Wildman–Crippen LogP) is 5.59. The minimum atomic E-state index is 0.356. The van der Waals surface area contributed by atoms with Crippen molar-refractivity contribution in [3.05, 3.63) is 56.6 Å². The summed E-state index contributed by atoms with van der Waals surface area (Å²) < 4.78 is 1.26. The minimum absolute atomic E-state index is 0.356. The van der Waals surface area contributed by atoms with Gasteiger partial charge in [-0.15, -0.1) is 11.8 Å². The molecule has 0 fully saturated rings. The van der Waals surface area contributed by atoms with Gasteiger partial charge in [0.15, 0.2) is 0 Å². The number of hydrogen-bond acceptors (Lipinski definition) is 2. The maximum atomic E-state index is 6.13. The molecule has 2 aromatic rings. The quantitative estimate of drug-likeness (QED) is 0.658. The molecule has 0 amide bonds. The van der Waals surface area contributed by atoms with Crippen LogP contribution in [0, 0.1) is 3.57 Å². The summed E-state index contributed by atoms with van der Waals surface area (Å²) in [6.45, 7) is 0. The molecule has 1 heterocycles. The first-order valence-electron chi connectivity index (χ1n) is 6.17. The molecule has 3 rings (SSSR count). The van der Waals surface area contributed by atoms with E-state index >= 15 is 0 Å². The molecule has 98 valence electrons. The number of rotatable bonds is 2. The molecule has 0 saturated heterocycles. The van der Waals surface area contributed by atoms with Gasteiger partial charge in [-0.1, -0.05) is 11.6 Å². The number of fused-ring (bicyclic) bond motifs is 1. The highest BCUT2D eigenvalue weighted by Gasteiger charge is 2.20. The third-order valence-electron chi connectivity index (χ3n) is 3.20. The van der Waals surface area contributed by atoms with Crippen molar-refractivity contribution in [3.63, 3.8) is 0 Å². The standard InChI is InChI=1S/C15H13ClINS/c16-10-1-6-15-13(9-10)14(7-8-19-15)18-12-4-2-11(17)3-5-12/h1-6,9,14,18H,7-8H2. The lowest BCUT2D eigenvalue weighted by atomic mass is 10.0. The number of halogens is 2. The van der Waals surface area contributed by atoms with Crippen molar-refractivity contribution < 1.29 is 0 Å². The van der Waals surface area contributed by atoms with Gasteiger partial charge in [0.05, 0.1) is 6.04 Å². The first kappa shape index (κ1) is 13.6.